The Hall–Kier alpha value is -3.86. The first-order valence-corrected chi connectivity index (χ1v) is 14.3. The Morgan fingerprint density at radius 2 is 1.88 bits per heavy atom. The summed E-state index contributed by atoms with van der Waals surface area (Å²) >= 11 is 0. The minimum atomic E-state index is -4.49. The van der Waals surface area contributed by atoms with E-state index in [2.05, 4.69) is 4.90 Å². The Kier molecular flexibility index (Phi) is 6.87. The number of likely N-dealkylation sites (N-methyl/N-ethyl adjacent to an activating group) is 2. The first-order chi connectivity index (χ1) is 20.3. The Morgan fingerprint density at radius 1 is 1.12 bits per heavy atom. The number of hydrogen-bond donors (Lipinski definition) is 0. The van der Waals surface area contributed by atoms with Gasteiger partial charge in [0.05, 0.1) is 23.1 Å². The van der Waals surface area contributed by atoms with E-state index in [1.54, 1.807) is 18.0 Å². The van der Waals surface area contributed by atoms with Crippen molar-refractivity contribution < 1.29 is 41.8 Å². The van der Waals surface area contributed by atoms with E-state index in [1.807, 2.05) is 13.1 Å². The molecule has 2 aliphatic heterocycles. The summed E-state index contributed by atoms with van der Waals surface area (Å²) in [6, 6.07) is 7.84. The second kappa shape index (κ2) is 10.1. The van der Waals surface area contributed by atoms with E-state index < -0.39 is 52.7 Å². The van der Waals surface area contributed by atoms with Gasteiger partial charge in [0.25, 0.3) is 0 Å². The molecule has 2 heterocycles. The van der Waals surface area contributed by atoms with Crippen molar-refractivity contribution in [2.75, 3.05) is 20.6 Å². The van der Waals surface area contributed by atoms with Gasteiger partial charge in [0, 0.05) is 32.5 Å². The first kappa shape index (κ1) is 29.2. The summed E-state index contributed by atoms with van der Waals surface area (Å²) in [6.07, 6.45) is -0.371. The summed E-state index contributed by atoms with van der Waals surface area (Å²) in [6.45, 7) is 3.41. The zero-order valence-electron chi connectivity index (χ0n) is 24.4. The number of halogens is 3. The third kappa shape index (κ3) is 4.42. The van der Waals surface area contributed by atoms with E-state index >= 15 is 0 Å². The van der Waals surface area contributed by atoms with Crippen molar-refractivity contribution in [2.24, 2.45) is 0 Å². The van der Waals surface area contributed by atoms with Crippen LogP contribution in [0.5, 0.6) is 11.5 Å². The molecule has 2 aromatic carbocycles. The molecule has 43 heavy (non-hydrogen) atoms. The molecule has 2 aliphatic carbocycles. The molecule has 2 bridgehead atoms. The van der Waals surface area contributed by atoms with Crippen LogP contribution in [0.25, 0.3) is 6.08 Å². The monoisotopic (exact) mass is 598 g/mol. The molecule has 11 heteroatoms. The lowest BCUT2D eigenvalue weighted by molar-refractivity contribution is -0.220. The second-order valence-electron chi connectivity index (χ2n) is 12.0. The number of rotatable bonds is 5. The van der Waals surface area contributed by atoms with Crippen LogP contribution in [-0.2, 0) is 37.1 Å². The molecule has 6 rings (SSSR count). The first-order valence-electron chi connectivity index (χ1n) is 14.3. The average Bonchev–Trinajstić information content (AvgIpc) is 3.29. The summed E-state index contributed by atoms with van der Waals surface area (Å²) in [4.78, 5) is 42.0. The van der Waals surface area contributed by atoms with Crippen molar-refractivity contribution in [3.05, 3.63) is 64.7 Å². The van der Waals surface area contributed by atoms with Crippen molar-refractivity contribution in [2.45, 2.75) is 74.9 Å². The van der Waals surface area contributed by atoms with Gasteiger partial charge in [-0.15, -0.1) is 0 Å². The van der Waals surface area contributed by atoms with Crippen LogP contribution in [0.1, 0.15) is 55.4 Å². The van der Waals surface area contributed by atoms with Crippen LogP contribution in [-0.4, -0.2) is 72.1 Å². The number of carbonyl (C=O) groups is 3. The predicted molar refractivity (Wildman–Crippen MR) is 149 cm³/mol. The van der Waals surface area contributed by atoms with Gasteiger partial charge in [0.2, 0.25) is 5.91 Å². The fraction of sp³-hybridized carbons (Fsp3) is 0.469. The summed E-state index contributed by atoms with van der Waals surface area (Å²) in [5.74, 6) is -0.595. The Labute approximate surface area is 247 Å². The Bertz CT molecular complexity index is 1540. The van der Waals surface area contributed by atoms with Crippen LogP contribution in [0.15, 0.2) is 42.5 Å². The standard InChI is InChI=1S/C32H33F3N2O6/c1-18(38)41-24-10-9-21-17-25-31(43-19(2)39)13-12-23(29-30(31,14-15-36(25)3)27(21)28(24)42-29)37(4)26(40)11-8-20-6-5-7-22(16-20)32(33,34)35/h5-11,16,23,25,29H,12-15,17H2,1-4H3/t23-,25-,29+,30+,31-/m1/s1. The molecule has 228 valence electrons. The minimum absolute atomic E-state index is 0.128. The van der Waals surface area contributed by atoms with Gasteiger partial charge >= 0.3 is 18.1 Å². The van der Waals surface area contributed by atoms with Crippen molar-refractivity contribution in [3.8, 4) is 11.5 Å². The second-order valence-corrected chi connectivity index (χ2v) is 12.0. The summed E-state index contributed by atoms with van der Waals surface area (Å²) in [7, 11) is 3.67. The number of nitrogens with zero attached hydrogens (tertiary/aromatic N) is 2. The number of piperidine rings is 1. The van der Waals surface area contributed by atoms with Crippen LogP contribution in [0.4, 0.5) is 13.2 Å². The highest BCUT2D eigenvalue weighted by Crippen LogP contribution is 2.67. The molecule has 0 radical (unpaired) electrons. The molecule has 0 unspecified atom stereocenters. The van der Waals surface area contributed by atoms with Crippen LogP contribution >= 0.6 is 0 Å². The molecule has 4 aliphatic rings. The van der Waals surface area contributed by atoms with E-state index in [0.717, 1.165) is 23.3 Å². The van der Waals surface area contributed by atoms with Gasteiger partial charge < -0.3 is 19.1 Å². The Morgan fingerprint density at radius 3 is 2.58 bits per heavy atom. The average molecular weight is 599 g/mol. The highest BCUT2D eigenvalue weighted by Gasteiger charge is 2.75. The fourth-order valence-electron chi connectivity index (χ4n) is 8.05. The molecule has 1 spiro atoms. The molecule has 1 saturated carbocycles. The number of ether oxygens (including phenoxy) is 3. The molecule has 1 saturated heterocycles. The largest absolute Gasteiger partial charge is 0.483 e. The van der Waals surface area contributed by atoms with Gasteiger partial charge in [-0.3, -0.25) is 19.3 Å². The van der Waals surface area contributed by atoms with E-state index in [0.29, 0.717) is 38.0 Å². The predicted octanol–water partition coefficient (Wildman–Crippen LogP) is 4.53. The third-order valence-corrected chi connectivity index (χ3v) is 9.70. The molecule has 2 aromatic rings. The van der Waals surface area contributed by atoms with Crippen molar-refractivity contribution in [1.82, 2.24) is 9.80 Å². The highest BCUT2D eigenvalue weighted by molar-refractivity contribution is 5.92. The summed E-state index contributed by atoms with van der Waals surface area (Å²) < 4.78 is 58.2. The molecular weight excluding hydrogens is 565 g/mol. The van der Waals surface area contributed by atoms with Gasteiger partial charge in [-0.1, -0.05) is 18.2 Å². The number of carbonyl (C=O) groups excluding carboxylic acids is 3. The topological polar surface area (TPSA) is 85.4 Å². The van der Waals surface area contributed by atoms with Crippen molar-refractivity contribution >= 4 is 23.9 Å². The van der Waals surface area contributed by atoms with Crippen LogP contribution in [0.2, 0.25) is 0 Å². The lowest BCUT2D eigenvalue weighted by Gasteiger charge is -2.65. The van der Waals surface area contributed by atoms with E-state index in [4.69, 9.17) is 14.2 Å². The zero-order valence-corrected chi connectivity index (χ0v) is 24.4. The van der Waals surface area contributed by atoms with Gasteiger partial charge in [-0.05, 0) is 74.7 Å². The maximum Gasteiger partial charge on any atom is 0.416 e. The number of esters is 2. The molecule has 0 aromatic heterocycles. The molecule has 1 amide bonds. The summed E-state index contributed by atoms with van der Waals surface area (Å²) in [5.41, 5.74) is -0.402. The molecule has 8 nitrogen and oxygen atoms in total. The number of amides is 1. The van der Waals surface area contributed by atoms with Gasteiger partial charge in [-0.25, -0.2) is 0 Å². The van der Waals surface area contributed by atoms with Crippen LogP contribution in [0, 0.1) is 0 Å². The van der Waals surface area contributed by atoms with Crippen molar-refractivity contribution in [1.29, 1.82) is 0 Å². The SMILES string of the molecule is CC(=O)Oc1ccc2c3c1O[C@H]1[C@H](N(C)C(=O)C=Cc4cccc(C(F)(F)F)c4)CC[C@@]4(OC(C)=O)[C@@H](C2)N(C)CC[C@]314. The minimum Gasteiger partial charge on any atom is -0.483 e. The van der Waals surface area contributed by atoms with Gasteiger partial charge in [0.15, 0.2) is 11.5 Å². The Balaban J connectivity index is 1.41. The number of benzene rings is 2. The van der Waals surface area contributed by atoms with E-state index in [1.165, 1.54) is 38.1 Å². The lowest BCUT2D eigenvalue weighted by Crippen LogP contribution is -2.78. The smallest absolute Gasteiger partial charge is 0.416 e. The lowest BCUT2D eigenvalue weighted by atomic mass is 9.48. The normalized spacial score (nSPS) is 29.0. The maximum atomic E-state index is 13.5. The number of alkyl halides is 3. The van der Waals surface area contributed by atoms with Crippen LogP contribution in [0.3, 0.4) is 0 Å². The van der Waals surface area contributed by atoms with Crippen molar-refractivity contribution in [3.63, 3.8) is 0 Å². The number of likely N-dealkylation sites (tertiary alicyclic amines) is 1. The quantitative estimate of drug-likeness (QED) is 0.284. The fourth-order valence-corrected chi connectivity index (χ4v) is 8.05. The molecule has 5 atom stereocenters. The van der Waals surface area contributed by atoms with Crippen LogP contribution < -0.4 is 9.47 Å². The molecule has 0 N–H and O–H groups in total. The van der Waals surface area contributed by atoms with E-state index in [9.17, 15) is 27.6 Å². The maximum absolute atomic E-state index is 13.5. The molecular formula is C32H33F3N2O6. The van der Waals surface area contributed by atoms with Gasteiger partial charge in [-0.2, -0.15) is 13.2 Å². The van der Waals surface area contributed by atoms with Gasteiger partial charge in [0.1, 0.15) is 11.7 Å². The molecule has 2 fully saturated rings. The highest BCUT2D eigenvalue weighted by atomic mass is 19.4. The third-order valence-electron chi connectivity index (χ3n) is 9.70. The van der Waals surface area contributed by atoms with E-state index in [-0.39, 0.29) is 17.4 Å². The zero-order chi connectivity index (χ0) is 30.9. The number of hydrogen-bond acceptors (Lipinski definition) is 7. The summed E-state index contributed by atoms with van der Waals surface area (Å²) in [5, 5.41) is 0.